The molecular formula is C11H16BF3N2O2. The van der Waals surface area contributed by atoms with E-state index in [1.807, 2.05) is 5.32 Å². The van der Waals surface area contributed by atoms with Gasteiger partial charge in [0.1, 0.15) is 0 Å². The predicted octanol–water partition coefficient (Wildman–Crippen LogP) is 1.44. The molecule has 4 nitrogen and oxygen atoms in total. The normalized spacial score (nSPS) is 18.3. The molecule has 0 aromatic heterocycles. The zero-order chi connectivity index (χ0) is 14.8. The van der Waals surface area contributed by atoms with Crippen LogP contribution in [-0.2, 0) is 4.79 Å². The van der Waals surface area contributed by atoms with Gasteiger partial charge in [0.05, 0.1) is 0 Å². The molecule has 1 N–H and O–H groups in total. The number of carbonyl (C=O) groups excluding carboxylic acids is 2. The minimum Gasteiger partial charge on any atom is -0.353 e. The van der Waals surface area contributed by atoms with Crippen molar-refractivity contribution >= 4 is 19.6 Å². The molecule has 106 valence electrons. The maximum atomic E-state index is 12.2. The summed E-state index contributed by atoms with van der Waals surface area (Å²) in [5.41, 5.74) is -0.976. The highest BCUT2D eigenvalue weighted by molar-refractivity contribution is 6.56. The molecule has 0 unspecified atom stereocenters. The number of alkyl halides is 3. The Morgan fingerprint density at radius 3 is 2.05 bits per heavy atom. The molecule has 0 atom stereocenters. The summed E-state index contributed by atoms with van der Waals surface area (Å²) in [6, 6.07) is 0. The Hall–Kier alpha value is -1.21. The van der Waals surface area contributed by atoms with Gasteiger partial charge in [0.2, 0.25) is 7.85 Å². The summed E-state index contributed by atoms with van der Waals surface area (Å²) >= 11 is 0. The van der Waals surface area contributed by atoms with Crippen molar-refractivity contribution in [1.29, 1.82) is 0 Å². The summed E-state index contributed by atoms with van der Waals surface area (Å²) in [5.74, 6) is -2.60. The number of likely N-dealkylation sites (tertiary alicyclic amines) is 1. The molecule has 0 aliphatic carbocycles. The van der Waals surface area contributed by atoms with Crippen molar-refractivity contribution in [2.45, 2.75) is 38.4 Å². The Morgan fingerprint density at radius 1 is 1.21 bits per heavy atom. The molecule has 0 aromatic carbocycles. The lowest BCUT2D eigenvalue weighted by molar-refractivity contribution is -0.176. The van der Waals surface area contributed by atoms with Crippen LogP contribution in [0.1, 0.15) is 26.7 Å². The van der Waals surface area contributed by atoms with Gasteiger partial charge >= 0.3 is 12.1 Å². The van der Waals surface area contributed by atoms with Gasteiger partial charge < -0.3 is 10.2 Å². The maximum absolute atomic E-state index is 12.2. The standard InChI is InChI=1S/C11H16BF3N2O2/c1-10(2,16-8(18)11(13,14)15)7-3-5-17(6-4-7)9(12)19/h7H,3-6H2,1-2H3,(H,16,18). The van der Waals surface area contributed by atoms with Crippen LogP contribution in [0.2, 0.25) is 0 Å². The molecule has 1 rings (SSSR count). The first-order valence-corrected chi connectivity index (χ1v) is 5.98. The van der Waals surface area contributed by atoms with E-state index in [2.05, 4.69) is 0 Å². The Balaban J connectivity index is 2.60. The van der Waals surface area contributed by atoms with Gasteiger partial charge in [-0.15, -0.1) is 0 Å². The summed E-state index contributed by atoms with van der Waals surface area (Å²) in [4.78, 5) is 23.4. The summed E-state index contributed by atoms with van der Waals surface area (Å²) in [5, 5.41) is 2.01. The topological polar surface area (TPSA) is 49.4 Å². The number of carbonyl (C=O) groups is 2. The van der Waals surface area contributed by atoms with E-state index in [9.17, 15) is 22.8 Å². The molecule has 8 heteroatoms. The number of piperidine rings is 1. The van der Waals surface area contributed by atoms with Crippen LogP contribution in [-0.4, -0.2) is 49.3 Å². The first kappa shape index (κ1) is 15.9. The Morgan fingerprint density at radius 2 is 1.68 bits per heavy atom. The van der Waals surface area contributed by atoms with Crippen LogP contribution in [0.15, 0.2) is 0 Å². The number of hydrogen-bond donors (Lipinski definition) is 1. The fourth-order valence-corrected chi connectivity index (χ4v) is 2.29. The molecule has 1 saturated heterocycles. The monoisotopic (exact) mass is 276 g/mol. The van der Waals surface area contributed by atoms with Crippen LogP contribution in [0.25, 0.3) is 0 Å². The van der Waals surface area contributed by atoms with E-state index in [0.29, 0.717) is 25.9 Å². The van der Waals surface area contributed by atoms with Crippen molar-refractivity contribution in [3.05, 3.63) is 0 Å². The average molecular weight is 276 g/mol. The summed E-state index contributed by atoms with van der Waals surface area (Å²) in [6.07, 6.45) is -3.87. The summed E-state index contributed by atoms with van der Waals surface area (Å²) in [6.45, 7) is 3.90. The lowest BCUT2D eigenvalue weighted by Crippen LogP contribution is -2.55. The van der Waals surface area contributed by atoms with Crippen molar-refractivity contribution in [3.63, 3.8) is 0 Å². The second-order valence-electron chi connectivity index (χ2n) is 5.27. The highest BCUT2D eigenvalue weighted by Gasteiger charge is 2.43. The fraction of sp³-hybridized carbons (Fsp3) is 0.818. The van der Waals surface area contributed by atoms with Crippen LogP contribution in [0.5, 0.6) is 0 Å². The van der Waals surface area contributed by atoms with Crippen molar-refractivity contribution in [1.82, 2.24) is 10.2 Å². The van der Waals surface area contributed by atoms with E-state index >= 15 is 0 Å². The van der Waals surface area contributed by atoms with Gasteiger partial charge in [0, 0.05) is 18.6 Å². The largest absolute Gasteiger partial charge is 0.471 e. The SMILES string of the molecule is [B]C(=O)N1CCC(C(C)(C)NC(=O)C(F)(F)F)CC1. The summed E-state index contributed by atoms with van der Waals surface area (Å²) in [7, 11) is 5.13. The number of rotatable bonds is 2. The first-order valence-electron chi connectivity index (χ1n) is 5.98. The first-order chi connectivity index (χ1) is 8.54. The van der Waals surface area contributed by atoms with E-state index in [0.717, 1.165) is 0 Å². The molecule has 0 spiro atoms. The minimum absolute atomic E-state index is 0.130. The molecule has 19 heavy (non-hydrogen) atoms. The lowest BCUT2D eigenvalue weighted by Gasteiger charge is -2.41. The molecule has 1 fully saturated rings. The van der Waals surface area contributed by atoms with Crippen molar-refractivity contribution in [2.75, 3.05) is 13.1 Å². The number of hydrogen-bond acceptors (Lipinski definition) is 2. The van der Waals surface area contributed by atoms with E-state index < -0.39 is 23.4 Å². The van der Waals surface area contributed by atoms with Gasteiger partial charge in [0.25, 0.3) is 0 Å². The van der Waals surface area contributed by atoms with Gasteiger partial charge in [-0.3, -0.25) is 9.59 Å². The van der Waals surface area contributed by atoms with E-state index in [4.69, 9.17) is 7.85 Å². The molecule has 1 aliphatic heterocycles. The highest BCUT2D eigenvalue weighted by Crippen LogP contribution is 2.29. The predicted molar refractivity (Wildman–Crippen MR) is 63.7 cm³/mol. The molecule has 2 radical (unpaired) electrons. The van der Waals surface area contributed by atoms with Crippen LogP contribution in [0, 0.1) is 5.92 Å². The third-order valence-corrected chi connectivity index (χ3v) is 3.52. The molecule has 1 aliphatic rings. The number of nitrogens with zero attached hydrogens (tertiary/aromatic N) is 1. The number of halogens is 3. The third kappa shape index (κ3) is 4.14. The van der Waals surface area contributed by atoms with Gasteiger partial charge in [-0.2, -0.15) is 13.2 Å². The van der Waals surface area contributed by atoms with Gasteiger partial charge in [0.15, 0.2) is 5.81 Å². The molecule has 0 saturated carbocycles. The Labute approximate surface area is 111 Å². The van der Waals surface area contributed by atoms with Crippen LogP contribution in [0.4, 0.5) is 18.0 Å². The minimum atomic E-state index is -4.88. The van der Waals surface area contributed by atoms with E-state index in [1.165, 1.54) is 4.90 Å². The zero-order valence-corrected chi connectivity index (χ0v) is 10.9. The second-order valence-corrected chi connectivity index (χ2v) is 5.27. The van der Waals surface area contributed by atoms with Crippen LogP contribution >= 0.6 is 0 Å². The van der Waals surface area contributed by atoms with Gasteiger partial charge in [-0.25, -0.2) is 0 Å². The third-order valence-electron chi connectivity index (χ3n) is 3.52. The van der Waals surface area contributed by atoms with Crippen molar-refractivity contribution in [3.8, 4) is 0 Å². The van der Waals surface area contributed by atoms with E-state index in [1.54, 1.807) is 13.8 Å². The quantitative estimate of drug-likeness (QED) is 0.776. The molecular weight excluding hydrogens is 260 g/mol. The smallest absolute Gasteiger partial charge is 0.353 e. The van der Waals surface area contributed by atoms with E-state index in [-0.39, 0.29) is 5.92 Å². The average Bonchev–Trinajstić information content (AvgIpc) is 2.27. The summed E-state index contributed by atoms with van der Waals surface area (Å²) < 4.78 is 36.7. The Kier molecular flexibility index (Phi) is 4.52. The van der Waals surface area contributed by atoms with Gasteiger partial charge in [-0.05, 0) is 32.6 Å². The number of nitrogens with one attached hydrogen (secondary N) is 1. The van der Waals surface area contributed by atoms with Crippen molar-refractivity contribution < 1.29 is 22.8 Å². The van der Waals surface area contributed by atoms with Crippen molar-refractivity contribution in [2.24, 2.45) is 5.92 Å². The lowest BCUT2D eigenvalue weighted by atomic mass is 9.80. The van der Waals surface area contributed by atoms with Gasteiger partial charge in [-0.1, -0.05) is 0 Å². The Bertz CT molecular complexity index is 363. The number of amides is 2. The maximum Gasteiger partial charge on any atom is 0.471 e. The highest BCUT2D eigenvalue weighted by atomic mass is 19.4. The van der Waals surface area contributed by atoms with Crippen LogP contribution < -0.4 is 5.32 Å². The second kappa shape index (κ2) is 5.42. The van der Waals surface area contributed by atoms with Crippen LogP contribution in [0.3, 0.4) is 0 Å². The zero-order valence-electron chi connectivity index (χ0n) is 10.9. The molecule has 2 amide bonds. The fourth-order valence-electron chi connectivity index (χ4n) is 2.29. The molecule has 0 bridgehead atoms. The molecule has 0 aromatic rings. The molecule has 1 heterocycles.